The van der Waals surface area contributed by atoms with Crippen molar-refractivity contribution in [2.24, 2.45) is 5.73 Å². The Kier molecular flexibility index (Phi) is 3.63. The second-order valence-corrected chi connectivity index (χ2v) is 4.36. The zero-order valence-electron chi connectivity index (χ0n) is 10.6. The van der Waals surface area contributed by atoms with Gasteiger partial charge in [0.05, 0.1) is 0 Å². The standard InChI is InChI=1S/C15H17FN2/c1-11(17)15-13(16)9-6-10-14(15)18(2)12-7-4-3-5-8-12/h3-11H,17H2,1-2H3. The van der Waals surface area contributed by atoms with Crippen molar-refractivity contribution in [3.8, 4) is 0 Å². The van der Waals surface area contributed by atoms with Crippen molar-refractivity contribution in [3.63, 3.8) is 0 Å². The Hall–Kier alpha value is -1.87. The van der Waals surface area contributed by atoms with E-state index in [1.54, 1.807) is 13.0 Å². The lowest BCUT2D eigenvalue weighted by molar-refractivity contribution is 0.594. The first-order valence-corrected chi connectivity index (χ1v) is 5.94. The molecule has 2 aromatic carbocycles. The van der Waals surface area contributed by atoms with E-state index in [1.807, 2.05) is 48.3 Å². The van der Waals surface area contributed by atoms with E-state index >= 15 is 0 Å². The molecule has 0 fully saturated rings. The molecule has 0 bridgehead atoms. The molecular weight excluding hydrogens is 227 g/mol. The van der Waals surface area contributed by atoms with Crippen molar-refractivity contribution >= 4 is 11.4 Å². The molecule has 0 amide bonds. The van der Waals surface area contributed by atoms with Gasteiger partial charge >= 0.3 is 0 Å². The molecule has 2 rings (SSSR count). The van der Waals surface area contributed by atoms with Crippen LogP contribution in [0.4, 0.5) is 15.8 Å². The topological polar surface area (TPSA) is 29.3 Å². The van der Waals surface area contributed by atoms with Crippen LogP contribution in [-0.2, 0) is 0 Å². The van der Waals surface area contributed by atoms with Crippen molar-refractivity contribution in [3.05, 3.63) is 59.9 Å². The molecular formula is C15H17FN2. The number of hydrogen-bond donors (Lipinski definition) is 1. The molecule has 0 aliphatic heterocycles. The fourth-order valence-electron chi connectivity index (χ4n) is 2.06. The van der Waals surface area contributed by atoms with Crippen LogP contribution in [0.5, 0.6) is 0 Å². The Morgan fingerprint density at radius 2 is 1.72 bits per heavy atom. The van der Waals surface area contributed by atoms with E-state index in [0.717, 1.165) is 11.4 Å². The summed E-state index contributed by atoms with van der Waals surface area (Å²) in [5.41, 5.74) is 8.22. The van der Waals surface area contributed by atoms with Crippen LogP contribution >= 0.6 is 0 Å². The Bertz CT molecular complexity index is 523. The molecule has 0 aromatic heterocycles. The summed E-state index contributed by atoms with van der Waals surface area (Å²) in [6.07, 6.45) is 0. The van der Waals surface area contributed by atoms with Crippen molar-refractivity contribution in [1.82, 2.24) is 0 Å². The fraction of sp³-hybridized carbons (Fsp3) is 0.200. The number of anilines is 2. The molecule has 0 spiro atoms. The highest BCUT2D eigenvalue weighted by molar-refractivity contribution is 5.66. The Morgan fingerprint density at radius 1 is 1.06 bits per heavy atom. The lowest BCUT2D eigenvalue weighted by atomic mass is 10.0. The van der Waals surface area contributed by atoms with Gasteiger partial charge in [0.15, 0.2) is 0 Å². The van der Waals surface area contributed by atoms with Gasteiger partial charge in [-0.3, -0.25) is 0 Å². The Balaban J connectivity index is 2.48. The molecule has 0 saturated heterocycles. The molecule has 0 radical (unpaired) electrons. The van der Waals surface area contributed by atoms with E-state index in [4.69, 9.17) is 5.73 Å². The van der Waals surface area contributed by atoms with Crippen LogP contribution < -0.4 is 10.6 Å². The summed E-state index contributed by atoms with van der Waals surface area (Å²) >= 11 is 0. The number of halogens is 1. The van der Waals surface area contributed by atoms with Crippen LogP contribution in [0.1, 0.15) is 18.5 Å². The zero-order chi connectivity index (χ0) is 13.1. The molecule has 94 valence electrons. The highest BCUT2D eigenvalue weighted by Crippen LogP contribution is 2.31. The maximum absolute atomic E-state index is 13.9. The maximum atomic E-state index is 13.9. The van der Waals surface area contributed by atoms with Gasteiger partial charge in [-0.15, -0.1) is 0 Å². The minimum atomic E-state index is -0.340. The van der Waals surface area contributed by atoms with E-state index in [0.29, 0.717) is 5.56 Å². The molecule has 3 heteroatoms. The maximum Gasteiger partial charge on any atom is 0.130 e. The van der Waals surface area contributed by atoms with Gasteiger partial charge in [-0.25, -0.2) is 4.39 Å². The van der Waals surface area contributed by atoms with E-state index < -0.39 is 0 Å². The summed E-state index contributed by atoms with van der Waals surface area (Å²) in [5.74, 6) is -0.259. The number of nitrogens with zero attached hydrogens (tertiary/aromatic N) is 1. The first-order chi connectivity index (χ1) is 8.61. The second-order valence-electron chi connectivity index (χ2n) is 4.36. The monoisotopic (exact) mass is 244 g/mol. The van der Waals surface area contributed by atoms with E-state index in [9.17, 15) is 4.39 Å². The molecule has 2 N–H and O–H groups in total. The van der Waals surface area contributed by atoms with Crippen LogP contribution in [-0.4, -0.2) is 7.05 Å². The summed E-state index contributed by atoms with van der Waals surface area (Å²) in [7, 11) is 1.91. The third-order valence-corrected chi connectivity index (χ3v) is 2.99. The summed E-state index contributed by atoms with van der Waals surface area (Å²) in [6, 6.07) is 14.5. The van der Waals surface area contributed by atoms with Gasteiger partial charge in [-0.05, 0) is 31.2 Å². The summed E-state index contributed by atoms with van der Waals surface area (Å²) in [4.78, 5) is 1.95. The molecule has 18 heavy (non-hydrogen) atoms. The van der Waals surface area contributed by atoms with Crippen LogP contribution in [0.15, 0.2) is 48.5 Å². The lowest BCUT2D eigenvalue weighted by Gasteiger charge is -2.24. The minimum Gasteiger partial charge on any atom is -0.344 e. The van der Waals surface area contributed by atoms with Gasteiger partial charge in [0, 0.05) is 30.0 Å². The van der Waals surface area contributed by atoms with E-state index in [1.165, 1.54) is 6.07 Å². The van der Waals surface area contributed by atoms with Crippen LogP contribution in [0.25, 0.3) is 0 Å². The number of hydrogen-bond acceptors (Lipinski definition) is 2. The number of nitrogens with two attached hydrogens (primary N) is 1. The van der Waals surface area contributed by atoms with Gasteiger partial charge in [-0.2, -0.15) is 0 Å². The molecule has 0 saturated carbocycles. The molecule has 2 nitrogen and oxygen atoms in total. The summed E-state index contributed by atoms with van der Waals surface area (Å²) < 4.78 is 13.9. The average molecular weight is 244 g/mol. The smallest absolute Gasteiger partial charge is 0.130 e. The number of para-hydroxylation sites is 1. The Labute approximate surface area is 107 Å². The molecule has 1 atom stereocenters. The predicted molar refractivity (Wildman–Crippen MR) is 73.5 cm³/mol. The molecule has 2 aromatic rings. The molecule has 0 heterocycles. The van der Waals surface area contributed by atoms with E-state index in [-0.39, 0.29) is 11.9 Å². The van der Waals surface area contributed by atoms with Crippen LogP contribution in [0, 0.1) is 5.82 Å². The Morgan fingerprint density at radius 3 is 2.33 bits per heavy atom. The highest BCUT2D eigenvalue weighted by Gasteiger charge is 2.15. The third-order valence-electron chi connectivity index (χ3n) is 2.99. The van der Waals surface area contributed by atoms with Crippen molar-refractivity contribution in [2.75, 3.05) is 11.9 Å². The minimum absolute atomic E-state index is 0.259. The number of rotatable bonds is 3. The molecule has 1 unspecified atom stereocenters. The predicted octanol–water partition coefficient (Wildman–Crippen LogP) is 3.61. The largest absolute Gasteiger partial charge is 0.344 e. The quantitative estimate of drug-likeness (QED) is 0.893. The first kappa shape index (κ1) is 12.6. The fourth-order valence-corrected chi connectivity index (χ4v) is 2.06. The average Bonchev–Trinajstić information content (AvgIpc) is 2.38. The lowest BCUT2D eigenvalue weighted by Crippen LogP contribution is -2.17. The second kappa shape index (κ2) is 5.19. The van der Waals surface area contributed by atoms with Crippen molar-refractivity contribution in [1.29, 1.82) is 0 Å². The summed E-state index contributed by atoms with van der Waals surface area (Å²) in [6.45, 7) is 1.79. The first-order valence-electron chi connectivity index (χ1n) is 5.94. The van der Waals surface area contributed by atoms with Crippen molar-refractivity contribution < 1.29 is 4.39 Å². The van der Waals surface area contributed by atoms with Crippen LogP contribution in [0.3, 0.4) is 0 Å². The number of benzene rings is 2. The van der Waals surface area contributed by atoms with Gasteiger partial charge in [0.2, 0.25) is 0 Å². The molecule has 0 aliphatic carbocycles. The van der Waals surface area contributed by atoms with Gasteiger partial charge in [0.25, 0.3) is 0 Å². The third kappa shape index (κ3) is 2.36. The van der Waals surface area contributed by atoms with Gasteiger partial charge in [-0.1, -0.05) is 24.3 Å². The van der Waals surface area contributed by atoms with Crippen LogP contribution in [0.2, 0.25) is 0 Å². The normalized spacial score (nSPS) is 12.2. The molecule has 0 aliphatic rings. The summed E-state index contributed by atoms with van der Waals surface area (Å²) in [5, 5.41) is 0. The zero-order valence-corrected chi connectivity index (χ0v) is 10.6. The highest BCUT2D eigenvalue weighted by atomic mass is 19.1. The van der Waals surface area contributed by atoms with E-state index in [2.05, 4.69) is 0 Å². The SMILES string of the molecule is CC(N)c1c(F)cccc1N(C)c1ccccc1. The van der Waals surface area contributed by atoms with Crippen molar-refractivity contribution in [2.45, 2.75) is 13.0 Å². The van der Waals surface area contributed by atoms with Gasteiger partial charge in [0.1, 0.15) is 5.82 Å². The van der Waals surface area contributed by atoms with Gasteiger partial charge < -0.3 is 10.6 Å².